The van der Waals surface area contributed by atoms with Crippen molar-refractivity contribution in [3.05, 3.63) is 47.8 Å². The first kappa shape index (κ1) is 15.3. The highest BCUT2D eigenvalue weighted by Gasteiger charge is 2.19. The molecule has 0 aliphatic carbocycles. The maximum absolute atomic E-state index is 12.6. The third kappa shape index (κ3) is 3.32. The van der Waals surface area contributed by atoms with Gasteiger partial charge in [-0.3, -0.25) is 4.79 Å². The molecule has 0 saturated carbocycles. The van der Waals surface area contributed by atoms with Gasteiger partial charge in [-0.05, 0) is 32.4 Å². The van der Waals surface area contributed by atoms with Gasteiger partial charge in [0.05, 0.1) is 23.1 Å². The molecule has 4 heteroatoms. The van der Waals surface area contributed by atoms with Crippen LogP contribution in [-0.4, -0.2) is 33.7 Å². The second kappa shape index (κ2) is 7.07. The Labute approximate surface area is 126 Å². The van der Waals surface area contributed by atoms with Gasteiger partial charge in [-0.15, -0.1) is 0 Å². The molecule has 4 nitrogen and oxygen atoms in total. The van der Waals surface area contributed by atoms with Crippen LogP contribution in [0.2, 0.25) is 0 Å². The van der Waals surface area contributed by atoms with Crippen LogP contribution in [0.4, 0.5) is 0 Å². The number of carbonyl (C=O) groups is 1. The minimum Gasteiger partial charge on any atom is -0.339 e. The van der Waals surface area contributed by atoms with E-state index in [0.29, 0.717) is 5.56 Å². The Kier molecular flexibility index (Phi) is 5.14. The Bertz CT molecular complexity index is 589. The van der Waals surface area contributed by atoms with Crippen molar-refractivity contribution < 1.29 is 4.79 Å². The normalized spacial score (nSPS) is 10.6. The zero-order valence-electron chi connectivity index (χ0n) is 13.0. The van der Waals surface area contributed by atoms with Crippen LogP contribution in [0.15, 0.2) is 36.5 Å². The summed E-state index contributed by atoms with van der Waals surface area (Å²) in [7, 11) is 0. The topological polar surface area (TPSA) is 38.1 Å². The van der Waals surface area contributed by atoms with Gasteiger partial charge in [-0.1, -0.05) is 31.5 Å². The smallest absolute Gasteiger partial charge is 0.257 e. The molecule has 0 spiro atoms. The van der Waals surface area contributed by atoms with Gasteiger partial charge in [0.1, 0.15) is 0 Å². The summed E-state index contributed by atoms with van der Waals surface area (Å²) in [6.45, 7) is 7.64. The molecule has 0 aliphatic heterocycles. The zero-order valence-corrected chi connectivity index (χ0v) is 13.0. The summed E-state index contributed by atoms with van der Waals surface area (Å²) in [5.74, 6) is 0.0747. The Morgan fingerprint density at radius 1 is 1.24 bits per heavy atom. The molecule has 1 aromatic carbocycles. The molecule has 112 valence electrons. The molecule has 0 saturated heterocycles. The lowest BCUT2D eigenvalue weighted by atomic mass is 10.2. The zero-order chi connectivity index (χ0) is 15.2. The molecule has 0 fully saturated rings. The van der Waals surface area contributed by atoms with Gasteiger partial charge in [-0.25, -0.2) is 4.68 Å². The van der Waals surface area contributed by atoms with Crippen LogP contribution in [0.3, 0.4) is 0 Å². The third-order valence-electron chi connectivity index (χ3n) is 3.69. The summed E-state index contributed by atoms with van der Waals surface area (Å²) < 4.78 is 1.82. The number of unbranched alkanes of at least 4 members (excludes halogenated alkanes) is 1. The Balaban J connectivity index is 2.25. The standard InChI is InChI=1S/C17H23N3O/c1-4-6-12-19(5-2)17(21)16-13-18-20(14(16)3)15-10-8-7-9-11-15/h7-11,13H,4-6,12H2,1-3H3. The summed E-state index contributed by atoms with van der Waals surface area (Å²) in [5, 5.41) is 4.37. The van der Waals surface area contributed by atoms with Crippen molar-refractivity contribution >= 4 is 5.91 Å². The lowest BCUT2D eigenvalue weighted by molar-refractivity contribution is 0.0761. The van der Waals surface area contributed by atoms with Crippen LogP contribution in [0, 0.1) is 6.92 Å². The van der Waals surface area contributed by atoms with E-state index in [2.05, 4.69) is 12.0 Å². The fourth-order valence-corrected chi connectivity index (χ4v) is 2.37. The van der Waals surface area contributed by atoms with E-state index in [4.69, 9.17) is 0 Å². The van der Waals surface area contributed by atoms with E-state index in [0.717, 1.165) is 37.3 Å². The molecule has 1 heterocycles. The van der Waals surface area contributed by atoms with Gasteiger partial charge in [0.15, 0.2) is 0 Å². The van der Waals surface area contributed by atoms with Gasteiger partial charge in [0.2, 0.25) is 0 Å². The second-order valence-electron chi connectivity index (χ2n) is 5.13. The molecule has 1 aromatic heterocycles. The molecule has 1 amide bonds. The molecule has 0 unspecified atom stereocenters. The van der Waals surface area contributed by atoms with Crippen LogP contribution in [0.1, 0.15) is 42.7 Å². The van der Waals surface area contributed by atoms with Gasteiger partial charge in [0, 0.05) is 13.1 Å². The van der Waals surface area contributed by atoms with Gasteiger partial charge >= 0.3 is 0 Å². The first-order chi connectivity index (χ1) is 10.2. The number of para-hydroxylation sites is 1. The average Bonchev–Trinajstić information content (AvgIpc) is 2.90. The minimum absolute atomic E-state index is 0.0747. The van der Waals surface area contributed by atoms with Crippen LogP contribution in [-0.2, 0) is 0 Å². The van der Waals surface area contributed by atoms with E-state index in [-0.39, 0.29) is 5.91 Å². The van der Waals surface area contributed by atoms with Crippen molar-refractivity contribution in [2.75, 3.05) is 13.1 Å². The van der Waals surface area contributed by atoms with Crippen LogP contribution >= 0.6 is 0 Å². The number of hydrogen-bond donors (Lipinski definition) is 0. The highest BCUT2D eigenvalue weighted by atomic mass is 16.2. The number of aromatic nitrogens is 2. The summed E-state index contributed by atoms with van der Waals surface area (Å²) in [5.41, 5.74) is 2.56. The van der Waals surface area contributed by atoms with E-state index < -0.39 is 0 Å². The fourth-order valence-electron chi connectivity index (χ4n) is 2.37. The van der Waals surface area contributed by atoms with Gasteiger partial charge in [0.25, 0.3) is 5.91 Å². The molecular formula is C17H23N3O. The maximum Gasteiger partial charge on any atom is 0.257 e. The Morgan fingerprint density at radius 3 is 2.57 bits per heavy atom. The highest BCUT2D eigenvalue weighted by Crippen LogP contribution is 2.16. The molecule has 21 heavy (non-hydrogen) atoms. The number of hydrogen-bond acceptors (Lipinski definition) is 2. The minimum atomic E-state index is 0.0747. The quantitative estimate of drug-likeness (QED) is 0.815. The Morgan fingerprint density at radius 2 is 1.95 bits per heavy atom. The number of amides is 1. The molecular weight excluding hydrogens is 262 g/mol. The van der Waals surface area contributed by atoms with Crippen molar-refractivity contribution in [3.63, 3.8) is 0 Å². The predicted octanol–water partition coefficient (Wildman–Crippen LogP) is 3.44. The Hall–Kier alpha value is -2.10. The molecule has 2 aromatic rings. The molecule has 0 atom stereocenters. The largest absolute Gasteiger partial charge is 0.339 e. The van der Waals surface area contributed by atoms with Crippen molar-refractivity contribution in [2.45, 2.75) is 33.6 Å². The van der Waals surface area contributed by atoms with Gasteiger partial charge in [-0.2, -0.15) is 5.10 Å². The average molecular weight is 285 g/mol. The van der Waals surface area contributed by atoms with Crippen molar-refractivity contribution in [1.29, 1.82) is 0 Å². The number of nitrogens with zero attached hydrogens (tertiary/aromatic N) is 3. The SMILES string of the molecule is CCCCN(CC)C(=O)c1cnn(-c2ccccc2)c1C. The maximum atomic E-state index is 12.6. The van der Waals surface area contributed by atoms with E-state index in [1.807, 2.05) is 53.8 Å². The summed E-state index contributed by atoms with van der Waals surface area (Å²) >= 11 is 0. The highest BCUT2D eigenvalue weighted by molar-refractivity contribution is 5.95. The van der Waals surface area contributed by atoms with E-state index in [9.17, 15) is 4.79 Å². The molecule has 0 N–H and O–H groups in total. The number of rotatable bonds is 6. The van der Waals surface area contributed by atoms with Crippen LogP contribution in [0.5, 0.6) is 0 Å². The van der Waals surface area contributed by atoms with E-state index in [1.165, 1.54) is 0 Å². The van der Waals surface area contributed by atoms with E-state index >= 15 is 0 Å². The number of benzene rings is 1. The first-order valence-electron chi connectivity index (χ1n) is 7.58. The van der Waals surface area contributed by atoms with Crippen molar-refractivity contribution in [1.82, 2.24) is 14.7 Å². The molecule has 0 bridgehead atoms. The monoisotopic (exact) mass is 285 g/mol. The molecule has 2 rings (SSSR count). The summed E-state index contributed by atoms with van der Waals surface area (Å²) in [6, 6.07) is 9.89. The van der Waals surface area contributed by atoms with E-state index in [1.54, 1.807) is 6.20 Å². The summed E-state index contributed by atoms with van der Waals surface area (Å²) in [4.78, 5) is 14.5. The predicted molar refractivity (Wildman–Crippen MR) is 84.8 cm³/mol. The molecule has 0 radical (unpaired) electrons. The van der Waals surface area contributed by atoms with Crippen LogP contribution in [0.25, 0.3) is 5.69 Å². The first-order valence-corrected chi connectivity index (χ1v) is 7.58. The fraction of sp³-hybridized carbons (Fsp3) is 0.412. The lowest BCUT2D eigenvalue weighted by Crippen LogP contribution is -2.32. The number of carbonyl (C=O) groups excluding carboxylic acids is 1. The summed E-state index contributed by atoms with van der Waals surface area (Å²) in [6.07, 6.45) is 3.80. The lowest BCUT2D eigenvalue weighted by Gasteiger charge is -2.20. The second-order valence-corrected chi connectivity index (χ2v) is 5.13. The van der Waals surface area contributed by atoms with Crippen LogP contribution < -0.4 is 0 Å². The van der Waals surface area contributed by atoms with Crippen molar-refractivity contribution in [3.8, 4) is 5.69 Å². The van der Waals surface area contributed by atoms with Gasteiger partial charge < -0.3 is 4.90 Å². The third-order valence-corrected chi connectivity index (χ3v) is 3.69. The van der Waals surface area contributed by atoms with Crippen molar-refractivity contribution in [2.24, 2.45) is 0 Å². The molecule has 0 aliphatic rings.